The summed E-state index contributed by atoms with van der Waals surface area (Å²) >= 11 is 0. The second kappa shape index (κ2) is 10.4. The molecule has 37 heavy (non-hydrogen) atoms. The van der Waals surface area contributed by atoms with Crippen LogP contribution in [0, 0.1) is 5.82 Å². The maximum atomic E-state index is 14.3. The normalized spacial score (nSPS) is 15.6. The molecule has 0 atom stereocenters. The lowest BCUT2D eigenvalue weighted by Gasteiger charge is -2.23. The summed E-state index contributed by atoms with van der Waals surface area (Å²) in [4.78, 5) is 16.4. The van der Waals surface area contributed by atoms with E-state index >= 15 is 0 Å². The molecular weight excluding hydrogens is 491 g/mol. The van der Waals surface area contributed by atoms with Crippen molar-refractivity contribution in [2.75, 3.05) is 23.4 Å². The van der Waals surface area contributed by atoms with Crippen molar-refractivity contribution in [3.8, 4) is 16.9 Å². The van der Waals surface area contributed by atoms with Gasteiger partial charge in [0.25, 0.3) is 0 Å². The van der Waals surface area contributed by atoms with E-state index in [0.29, 0.717) is 29.8 Å². The van der Waals surface area contributed by atoms with Gasteiger partial charge < -0.3 is 15.2 Å². The molecule has 0 saturated carbocycles. The fourth-order valence-electron chi connectivity index (χ4n) is 4.83. The zero-order chi connectivity index (χ0) is 26.0. The number of para-hydroxylation sites is 1. The van der Waals surface area contributed by atoms with Crippen molar-refractivity contribution in [3.05, 3.63) is 78.2 Å². The van der Waals surface area contributed by atoms with Crippen LogP contribution in [0.4, 0.5) is 10.1 Å². The number of amides is 1. The molecule has 0 aliphatic carbocycles. The third-order valence-corrected chi connectivity index (χ3v) is 8.38. The van der Waals surface area contributed by atoms with Crippen LogP contribution in [0.25, 0.3) is 28.0 Å². The van der Waals surface area contributed by atoms with Crippen LogP contribution in [0.15, 0.2) is 66.9 Å². The number of nitrogens with one attached hydrogen (secondary N) is 2. The Balaban J connectivity index is 1.46. The predicted octanol–water partition coefficient (Wildman–Crippen LogP) is 4.50. The first-order valence-corrected chi connectivity index (χ1v) is 14.2. The van der Waals surface area contributed by atoms with Gasteiger partial charge in [-0.2, -0.15) is 0 Å². The van der Waals surface area contributed by atoms with Crippen molar-refractivity contribution in [2.24, 2.45) is 0 Å². The van der Waals surface area contributed by atoms with Crippen LogP contribution >= 0.6 is 0 Å². The van der Waals surface area contributed by atoms with E-state index in [-0.39, 0.29) is 23.5 Å². The standard InChI is InChI=1S/C28H29FN4O3S/c1-19(34)31-24-16-21(15-22(29)17-24)27-8-7-26-20(9-12-30-23-10-13-37(35,36)14-11-23)18-33(28(26)32-27)25-5-3-2-4-6-25/h2-8,15-18,23,30H,9-14H2,1H3,(H,31,34). The number of fused-ring (bicyclic) bond motifs is 1. The molecule has 0 unspecified atom stereocenters. The Morgan fingerprint density at radius 1 is 1.08 bits per heavy atom. The molecule has 1 fully saturated rings. The summed E-state index contributed by atoms with van der Waals surface area (Å²) in [5.41, 5.74) is 4.39. The maximum absolute atomic E-state index is 14.3. The molecule has 1 amide bonds. The van der Waals surface area contributed by atoms with E-state index in [9.17, 15) is 17.6 Å². The van der Waals surface area contributed by atoms with Gasteiger partial charge in [-0.25, -0.2) is 17.8 Å². The van der Waals surface area contributed by atoms with Crippen LogP contribution in [0.2, 0.25) is 0 Å². The van der Waals surface area contributed by atoms with E-state index in [2.05, 4.69) is 16.8 Å². The van der Waals surface area contributed by atoms with Crippen molar-refractivity contribution < 1.29 is 17.6 Å². The Morgan fingerprint density at radius 2 is 1.84 bits per heavy atom. The number of hydrogen-bond acceptors (Lipinski definition) is 5. The quantitative estimate of drug-likeness (QED) is 0.374. The second-order valence-corrected chi connectivity index (χ2v) is 11.8. The number of benzene rings is 2. The zero-order valence-electron chi connectivity index (χ0n) is 20.6. The van der Waals surface area contributed by atoms with E-state index in [0.717, 1.165) is 35.2 Å². The fourth-order valence-corrected chi connectivity index (χ4v) is 6.32. The topological polar surface area (TPSA) is 93.1 Å². The lowest BCUT2D eigenvalue weighted by Crippen LogP contribution is -2.38. The third-order valence-electron chi connectivity index (χ3n) is 6.66. The molecule has 2 aromatic heterocycles. The number of sulfone groups is 1. The van der Waals surface area contributed by atoms with Crippen molar-refractivity contribution >= 4 is 32.5 Å². The van der Waals surface area contributed by atoms with Gasteiger partial charge in [-0.05, 0) is 73.8 Å². The van der Waals surface area contributed by atoms with Crippen LogP contribution in [-0.2, 0) is 21.1 Å². The molecule has 2 aromatic carbocycles. The van der Waals surface area contributed by atoms with E-state index in [1.165, 1.54) is 19.1 Å². The summed E-state index contributed by atoms with van der Waals surface area (Å²) in [5, 5.41) is 7.15. The molecule has 192 valence electrons. The zero-order valence-corrected chi connectivity index (χ0v) is 21.4. The average molecular weight is 521 g/mol. The number of anilines is 1. The van der Waals surface area contributed by atoms with Gasteiger partial charge in [-0.3, -0.25) is 4.79 Å². The first kappa shape index (κ1) is 25.1. The van der Waals surface area contributed by atoms with Crippen LogP contribution in [0.3, 0.4) is 0 Å². The van der Waals surface area contributed by atoms with Crippen LogP contribution in [0.1, 0.15) is 25.3 Å². The molecule has 5 rings (SSSR count). The van der Waals surface area contributed by atoms with Gasteiger partial charge in [0, 0.05) is 41.5 Å². The van der Waals surface area contributed by atoms with E-state index < -0.39 is 15.7 Å². The van der Waals surface area contributed by atoms with Gasteiger partial charge in [-0.1, -0.05) is 18.2 Å². The Morgan fingerprint density at radius 3 is 2.57 bits per heavy atom. The molecule has 1 aliphatic heterocycles. The molecule has 9 heteroatoms. The fraction of sp³-hybridized carbons (Fsp3) is 0.286. The van der Waals surface area contributed by atoms with Crippen LogP contribution < -0.4 is 10.6 Å². The third kappa shape index (κ3) is 5.89. The molecule has 7 nitrogen and oxygen atoms in total. The smallest absolute Gasteiger partial charge is 0.221 e. The number of carbonyl (C=O) groups is 1. The predicted molar refractivity (Wildman–Crippen MR) is 144 cm³/mol. The number of hydrogen-bond donors (Lipinski definition) is 2. The summed E-state index contributed by atoms with van der Waals surface area (Å²) in [6.45, 7) is 2.11. The van der Waals surface area contributed by atoms with Crippen molar-refractivity contribution in [1.82, 2.24) is 14.9 Å². The SMILES string of the molecule is CC(=O)Nc1cc(F)cc(-c2ccc3c(CCNC4CCS(=O)(=O)CC4)cn(-c4ccccc4)c3n2)c1. The number of carbonyl (C=O) groups excluding carboxylic acids is 1. The summed E-state index contributed by atoms with van der Waals surface area (Å²) in [5.74, 6) is -0.238. The molecular formula is C28H29FN4O3S. The van der Waals surface area contributed by atoms with Gasteiger partial charge in [0.15, 0.2) is 0 Å². The Hall–Kier alpha value is -3.56. The molecule has 0 radical (unpaired) electrons. The van der Waals surface area contributed by atoms with Crippen molar-refractivity contribution in [2.45, 2.75) is 32.2 Å². The maximum Gasteiger partial charge on any atom is 0.221 e. The summed E-state index contributed by atoms with van der Waals surface area (Å²) in [7, 11) is -2.88. The van der Waals surface area contributed by atoms with Gasteiger partial charge in [0.1, 0.15) is 21.3 Å². The van der Waals surface area contributed by atoms with Gasteiger partial charge in [0.05, 0.1) is 17.2 Å². The number of nitrogens with zero attached hydrogens (tertiary/aromatic N) is 2. The summed E-state index contributed by atoms with van der Waals surface area (Å²) < 4.78 is 39.8. The number of pyridine rings is 1. The first-order valence-electron chi connectivity index (χ1n) is 12.4. The van der Waals surface area contributed by atoms with E-state index in [4.69, 9.17) is 4.98 Å². The molecule has 1 saturated heterocycles. The Kier molecular flexibility index (Phi) is 7.08. The highest BCUT2D eigenvalue weighted by Gasteiger charge is 2.23. The minimum atomic E-state index is -2.88. The van der Waals surface area contributed by atoms with Crippen LogP contribution in [0.5, 0.6) is 0 Å². The lowest BCUT2D eigenvalue weighted by atomic mass is 10.1. The molecule has 0 bridgehead atoms. The monoisotopic (exact) mass is 520 g/mol. The second-order valence-electron chi connectivity index (χ2n) is 9.47. The van der Waals surface area contributed by atoms with Gasteiger partial charge in [-0.15, -0.1) is 0 Å². The minimum absolute atomic E-state index is 0.210. The Labute approximate surface area is 215 Å². The largest absolute Gasteiger partial charge is 0.326 e. The molecule has 4 aromatic rings. The van der Waals surface area contributed by atoms with E-state index in [1.54, 1.807) is 6.07 Å². The molecule has 2 N–H and O–H groups in total. The van der Waals surface area contributed by atoms with Gasteiger partial charge in [0.2, 0.25) is 5.91 Å². The van der Waals surface area contributed by atoms with Crippen molar-refractivity contribution in [1.29, 1.82) is 0 Å². The Bertz CT molecular complexity index is 1540. The van der Waals surface area contributed by atoms with E-state index in [1.807, 2.05) is 47.0 Å². The number of rotatable bonds is 7. The number of aromatic nitrogens is 2. The highest BCUT2D eigenvalue weighted by molar-refractivity contribution is 7.91. The molecule has 0 spiro atoms. The first-order chi connectivity index (χ1) is 17.8. The minimum Gasteiger partial charge on any atom is -0.326 e. The van der Waals surface area contributed by atoms with Crippen molar-refractivity contribution in [3.63, 3.8) is 0 Å². The number of halogens is 1. The molecule has 3 heterocycles. The highest BCUT2D eigenvalue weighted by Crippen LogP contribution is 2.29. The average Bonchev–Trinajstić information content (AvgIpc) is 3.23. The van der Waals surface area contributed by atoms with Gasteiger partial charge >= 0.3 is 0 Å². The van der Waals surface area contributed by atoms with Crippen LogP contribution in [-0.4, -0.2) is 48.0 Å². The summed E-state index contributed by atoms with van der Waals surface area (Å²) in [6.07, 6.45) is 4.13. The molecule has 1 aliphatic rings. The highest BCUT2D eigenvalue weighted by atomic mass is 32.2. The lowest BCUT2D eigenvalue weighted by molar-refractivity contribution is -0.114. The summed E-state index contributed by atoms with van der Waals surface area (Å²) in [6, 6.07) is 18.4.